The van der Waals surface area contributed by atoms with E-state index in [0.29, 0.717) is 0 Å². The monoisotopic (exact) mass is 242 g/mol. The Labute approximate surface area is 107 Å². The normalized spacial score (nSPS) is 23.4. The number of aromatic nitrogens is 1. The Morgan fingerprint density at radius 1 is 1.39 bits per heavy atom. The zero-order chi connectivity index (χ0) is 12.6. The van der Waals surface area contributed by atoms with E-state index in [2.05, 4.69) is 29.4 Å². The molecule has 2 aromatic rings. The molecule has 94 valence electrons. The summed E-state index contributed by atoms with van der Waals surface area (Å²) in [6, 6.07) is 8.28. The van der Waals surface area contributed by atoms with Crippen molar-refractivity contribution in [3.63, 3.8) is 0 Å². The predicted molar refractivity (Wildman–Crippen MR) is 72.9 cm³/mol. The molecule has 1 aliphatic rings. The number of hydrogen-bond donors (Lipinski definition) is 1. The molecule has 3 heteroatoms. The Hall–Kier alpha value is -1.61. The van der Waals surface area contributed by atoms with Crippen LogP contribution in [-0.4, -0.2) is 18.6 Å². The molecular weight excluding hydrogens is 224 g/mol. The van der Waals surface area contributed by atoms with Gasteiger partial charge in [0.1, 0.15) is 11.3 Å². The fourth-order valence-electron chi connectivity index (χ4n) is 2.74. The van der Waals surface area contributed by atoms with E-state index in [0.717, 1.165) is 23.2 Å². The van der Waals surface area contributed by atoms with Crippen molar-refractivity contribution in [2.75, 3.05) is 13.7 Å². The Bertz CT molecular complexity index is 574. The maximum Gasteiger partial charge on any atom is 0.145 e. The molecule has 1 aliphatic heterocycles. The summed E-state index contributed by atoms with van der Waals surface area (Å²) in [5.74, 6) is 0.837. The van der Waals surface area contributed by atoms with Crippen LogP contribution in [0, 0.1) is 0 Å². The van der Waals surface area contributed by atoms with Gasteiger partial charge in [-0.15, -0.1) is 0 Å². The van der Waals surface area contributed by atoms with Gasteiger partial charge >= 0.3 is 0 Å². The van der Waals surface area contributed by atoms with Gasteiger partial charge in [0.2, 0.25) is 0 Å². The maximum atomic E-state index is 5.34. The van der Waals surface area contributed by atoms with Gasteiger partial charge in [0.25, 0.3) is 0 Å². The first-order valence-corrected chi connectivity index (χ1v) is 6.41. The van der Waals surface area contributed by atoms with Gasteiger partial charge in [-0.25, -0.2) is 0 Å². The van der Waals surface area contributed by atoms with Crippen LogP contribution in [-0.2, 0) is 5.54 Å². The molecule has 0 bridgehead atoms. The molecule has 1 saturated heterocycles. The lowest BCUT2D eigenvalue weighted by atomic mass is 9.91. The van der Waals surface area contributed by atoms with Crippen molar-refractivity contribution in [2.24, 2.45) is 0 Å². The van der Waals surface area contributed by atoms with E-state index in [-0.39, 0.29) is 5.54 Å². The first-order chi connectivity index (χ1) is 8.73. The van der Waals surface area contributed by atoms with Gasteiger partial charge in [-0.2, -0.15) is 0 Å². The summed E-state index contributed by atoms with van der Waals surface area (Å²) in [6.07, 6.45) is 4.37. The number of para-hydroxylation sites is 1. The van der Waals surface area contributed by atoms with Crippen LogP contribution in [0.15, 0.2) is 30.5 Å². The number of pyridine rings is 1. The number of hydrogen-bond acceptors (Lipinski definition) is 3. The molecule has 2 heterocycles. The number of nitrogens with one attached hydrogen (secondary N) is 1. The minimum Gasteiger partial charge on any atom is -0.494 e. The summed E-state index contributed by atoms with van der Waals surface area (Å²) in [7, 11) is 1.68. The van der Waals surface area contributed by atoms with Gasteiger partial charge in [-0.1, -0.05) is 12.1 Å². The summed E-state index contributed by atoms with van der Waals surface area (Å²) in [6.45, 7) is 3.34. The van der Waals surface area contributed by atoms with Crippen LogP contribution in [0.1, 0.15) is 25.3 Å². The Kier molecular flexibility index (Phi) is 2.71. The largest absolute Gasteiger partial charge is 0.494 e. The average Bonchev–Trinajstić information content (AvgIpc) is 2.85. The summed E-state index contributed by atoms with van der Waals surface area (Å²) < 4.78 is 5.34. The minimum atomic E-state index is 0.0737. The number of benzene rings is 1. The maximum absolute atomic E-state index is 5.34. The third-order valence-corrected chi connectivity index (χ3v) is 3.90. The summed E-state index contributed by atoms with van der Waals surface area (Å²) in [4.78, 5) is 4.58. The zero-order valence-corrected chi connectivity index (χ0v) is 10.9. The highest BCUT2D eigenvalue weighted by Gasteiger charge is 2.30. The lowest BCUT2D eigenvalue weighted by Crippen LogP contribution is -2.33. The highest BCUT2D eigenvalue weighted by Crippen LogP contribution is 2.32. The lowest BCUT2D eigenvalue weighted by Gasteiger charge is -2.25. The molecule has 1 fully saturated rings. The topological polar surface area (TPSA) is 34.1 Å². The number of rotatable bonds is 2. The molecule has 0 amide bonds. The fraction of sp³-hybridized carbons (Fsp3) is 0.400. The molecule has 1 aromatic carbocycles. The van der Waals surface area contributed by atoms with Crippen molar-refractivity contribution in [1.29, 1.82) is 0 Å². The number of methoxy groups -OCH3 is 1. The molecule has 1 atom stereocenters. The first-order valence-electron chi connectivity index (χ1n) is 6.41. The Morgan fingerprint density at radius 2 is 2.28 bits per heavy atom. The van der Waals surface area contributed by atoms with Gasteiger partial charge in [0.05, 0.1) is 7.11 Å². The van der Waals surface area contributed by atoms with Crippen LogP contribution in [0.4, 0.5) is 0 Å². The van der Waals surface area contributed by atoms with Crippen LogP contribution < -0.4 is 10.1 Å². The second-order valence-corrected chi connectivity index (χ2v) is 5.12. The fourth-order valence-corrected chi connectivity index (χ4v) is 2.74. The van der Waals surface area contributed by atoms with E-state index in [1.54, 1.807) is 7.11 Å². The Morgan fingerprint density at radius 3 is 3.00 bits per heavy atom. The standard InChI is InChI=1S/C15H18N2O/c1-15(7-4-8-17-15)12-9-11-5-3-6-13(18-2)14(11)16-10-12/h3,5-6,9-10,17H,4,7-8H2,1-2H3. The van der Waals surface area contributed by atoms with Crippen molar-refractivity contribution < 1.29 is 4.74 Å². The van der Waals surface area contributed by atoms with Crippen LogP contribution >= 0.6 is 0 Å². The molecular formula is C15H18N2O. The van der Waals surface area contributed by atoms with E-state index in [1.165, 1.54) is 18.4 Å². The molecule has 0 radical (unpaired) electrons. The second kappa shape index (κ2) is 4.25. The summed E-state index contributed by atoms with van der Waals surface area (Å²) in [5, 5.41) is 4.71. The van der Waals surface area contributed by atoms with Crippen LogP contribution in [0.2, 0.25) is 0 Å². The molecule has 0 aliphatic carbocycles. The van der Waals surface area contributed by atoms with E-state index in [4.69, 9.17) is 4.74 Å². The molecule has 0 spiro atoms. The average molecular weight is 242 g/mol. The van der Waals surface area contributed by atoms with Crippen molar-refractivity contribution >= 4 is 10.9 Å². The first kappa shape index (κ1) is 11.5. The van der Waals surface area contributed by atoms with Gasteiger partial charge in [-0.05, 0) is 44.0 Å². The number of ether oxygens (including phenoxy) is 1. The molecule has 1 aromatic heterocycles. The number of nitrogens with zero attached hydrogens (tertiary/aromatic N) is 1. The number of fused-ring (bicyclic) bond motifs is 1. The van der Waals surface area contributed by atoms with Crippen molar-refractivity contribution in [3.05, 3.63) is 36.0 Å². The summed E-state index contributed by atoms with van der Waals surface area (Å²) >= 11 is 0. The molecule has 18 heavy (non-hydrogen) atoms. The molecule has 1 N–H and O–H groups in total. The third-order valence-electron chi connectivity index (χ3n) is 3.90. The van der Waals surface area contributed by atoms with E-state index >= 15 is 0 Å². The third kappa shape index (κ3) is 1.75. The second-order valence-electron chi connectivity index (χ2n) is 5.12. The van der Waals surface area contributed by atoms with Crippen molar-refractivity contribution in [1.82, 2.24) is 10.3 Å². The van der Waals surface area contributed by atoms with Crippen LogP contribution in [0.3, 0.4) is 0 Å². The predicted octanol–water partition coefficient (Wildman–Crippen LogP) is 2.84. The molecule has 0 saturated carbocycles. The summed E-state index contributed by atoms with van der Waals surface area (Å²) in [5.41, 5.74) is 2.27. The SMILES string of the molecule is COc1cccc2cc(C3(C)CCCN3)cnc12. The highest BCUT2D eigenvalue weighted by molar-refractivity contribution is 5.84. The Balaban J connectivity index is 2.12. The molecule has 1 unspecified atom stereocenters. The zero-order valence-electron chi connectivity index (χ0n) is 10.9. The van der Waals surface area contributed by atoms with Gasteiger partial charge in [0, 0.05) is 17.1 Å². The van der Waals surface area contributed by atoms with Gasteiger partial charge in [-0.3, -0.25) is 4.98 Å². The highest BCUT2D eigenvalue weighted by atomic mass is 16.5. The van der Waals surface area contributed by atoms with Crippen molar-refractivity contribution in [3.8, 4) is 5.75 Å². The van der Waals surface area contributed by atoms with Gasteiger partial charge in [0.15, 0.2) is 0 Å². The van der Waals surface area contributed by atoms with E-state index in [9.17, 15) is 0 Å². The van der Waals surface area contributed by atoms with Crippen LogP contribution in [0.5, 0.6) is 5.75 Å². The smallest absolute Gasteiger partial charge is 0.145 e. The van der Waals surface area contributed by atoms with Gasteiger partial charge < -0.3 is 10.1 Å². The quantitative estimate of drug-likeness (QED) is 0.879. The van der Waals surface area contributed by atoms with Crippen LogP contribution in [0.25, 0.3) is 10.9 Å². The molecule has 3 rings (SSSR count). The van der Waals surface area contributed by atoms with E-state index in [1.807, 2.05) is 18.3 Å². The van der Waals surface area contributed by atoms with Crippen molar-refractivity contribution in [2.45, 2.75) is 25.3 Å². The lowest BCUT2D eigenvalue weighted by molar-refractivity contribution is 0.418. The molecule has 3 nitrogen and oxygen atoms in total. The van der Waals surface area contributed by atoms with E-state index < -0.39 is 0 Å². The minimum absolute atomic E-state index is 0.0737.